The molecule has 3 nitrogen and oxygen atoms in total. The van der Waals surface area contributed by atoms with Gasteiger partial charge in [0.1, 0.15) is 0 Å². The molecule has 1 rings (SSSR count). The molecular weight excluding hydrogens is 198 g/mol. The summed E-state index contributed by atoms with van der Waals surface area (Å²) in [5.41, 5.74) is 11.4. The van der Waals surface area contributed by atoms with Crippen molar-refractivity contribution in [2.45, 2.75) is 46.0 Å². The number of rotatable bonds is 6. The van der Waals surface area contributed by atoms with Gasteiger partial charge in [0.2, 0.25) is 0 Å². The summed E-state index contributed by atoms with van der Waals surface area (Å²) in [6.07, 6.45) is 5.88. The lowest BCUT2D eigenvalue weighted by Crippen LogP contribution is -1.88. The fraction of sp³-hybridized carbons (Fsp3) is 0.538. The molecule has 0 saturated heterocycles. The number of hydrogen-bond acceptors (Lipinski definition) is 1. The number of unbranched alkanes of at least 4 members (excludes halogenated alkanes) is 3. The normalized spacial score (nSPS) is 9.88. The topological polar surface area (TPSA) is 48.8 Å². The van der Waals surface area contributed by atoms with Gasteiger partial charge in [-0.15, -0.1) is 0 Å². The minimum Gasteiger partial charge on any atom is -0.0654 e. The average molecular weight is 216 g/mol. The van der Waals surface area contributed by atoms with Gasteiger partial charge in [-0.25, -0.2) is 0 Å². The first kappa shape index (κ1) is 12.6. The minimum absolute atomic E-state index is 0.657. The lowest BCUT2D eigenvalue weighted by Gasteiger charge is -2.05. The van der Waals surface area contributed by atoms with E-state index in [1.165, 1.54) is 24.8 Å². The van der Waals surface area contributed by atoms with E-state index in [1.807, 2.05) is 13.0 Å². The zero-order valence-electron chi connectivity index (χ0n) is 10.0. The molecule has 0 spiro atoms. The van der Waals surface area contributed by atoms with Crippen molar-refractivity contribution in [1.29, 1.82) is 0 Å². The van der Waals surface area contributed by atoms with Crippen molar-refractivity contribution in [1.82, 2.24) is 0 Å². The third-order valence-electron chi connectivity index (χ3n) is 2.59. The van der Waals surface area contributed by atoms with Crippen LogP contribution in [0.2, 0.25) is 0 Å². The second-order valence-electron chi connectivity index (χ2n) is 4.05. The molecule has 0 fully saturated rings. The molecule has 0 atom stereocenters. The molecule has 16 heavy (non-hydrogen) atoms. The van der Waals surface area contributed by atoms with E-state index in [0.29, 0.717) is 5.69 Å². The quantitative estimate of drug-likeness (QED) is 0.282. The third kappa shape index (κ3) is 3.95. The smallest absolute Gasteiger partial charge is 0.0486 e. The molecule has 0 aliphatic heterocycles. The molecule has 3 heteroatoms. The van der Waals surface area contributed by atoms with Gasteiger partial charge in [-0.05, 0) is 36.9 Å². The Morgan fingerprint density at radius 2 is 2.19 bits per heavy atom. The van der Waals surface area contributed by atoms with Crippen molar-refractivity contribution < 1.29 is 0 Å². The highest BCUT2D eigenvalue weighted by atomic mass is 15.1. The largest absolute Gasteiger partial charge is 0.0654 e. The molecule has 0 amide bonds. The van der Waals surface area contributed by atoms with Gasteiger partial charge in [-0.2, -0.15) is 0 Å². The lowest BCUT2D eigenvalue weighted by molar-refractivity contribution is 0.667. The van der Waals surface area contributed by atoms with Crippen molar-refractivity contribution in [2.24, 2.45) is 5.11 Å². The van der Waals surface area contributed by atoms with Gasteiger partial charge in [-0.1, -0.05) is 49.0 Å². The van der Waals surface area contributed by atoms with E-state index < -0.39 is 0 Å². The van der Waals surface area contributed by atoms with Crippen LogP contribution < -0.4 is 0 Å². The summed E-state index contributed by atoms with van der Waals surface area (Å²) in [5.74, 6) is 0. The average Bonchev–Trinajstić information content (AvgIpc) is 2.28. The maximum absolute atomic E-state index is 8.46. The Labute approximate surface area is 97.1 Å². The first-order valence-corrected chi connectivity index (χ1v) is 5.84. The van der Waals surface area contributed by atoms with E-state index >= 15 is 0 Å². The molecule has 1 radical (unpaired) electrons. The lowest BCUT2D eigenvalue weighted by atomic mass is 10.0. The Morgan fingerprint density at radius 1 is 1.38 bits per heavy atom. The first-order chi connectivity index (χ1) is 7.77. The summed E-state index contributed by atoms with van der Waals surface area (Å²) in [7, 11) is 0. The van der Waals surface area contributed by atoms with Gasteiger partial charge in [0.25, 0.3) is 0 Å². The molecule has 0 aliphatic carbocycles. The van der Waals surface area contributed by atoms with Gasteiger partial charge < -0.3 is 0 Å². The van der Waals surface area contributed by atoms with E-state index in [9.17, 15) is 0 Å². The van der Waals surface area contributed by atoms with E-state index in [2.05, 4.69) is 29.1 Å². The maximum atomic E-state index is 8.46. The number of benzene rings is 1. The summed E-state index contributed by atoms with van der Waals surface area (Å²) < 4.78 is 0. The summed E-state index contributed by atoms with van der Waals surface area (Å²) in [4.78, 5) is 2.83. The highest BCUT2D eigenvalue weighted by molar-refractivity contribution is 5.46. The summed E-state index contributed by atoms with van der Waals surface area (Å²) >= 11 is 0. The van der Waals surface area contributed by atoms with Crippen molar-refractivity contribution in [2.75, 3.05) is 0 Å². The molecule has 1 aromatic rings. The summed E-state index contributed by atoms with van der Waals surface area (Å²) in [6, 6.07) is 6.98. The first-order valence-electron chi connectivity index (χ1n) is 5.84. The predicted molar refractivity (Wildman–Crippen MR) is 66.7 cm³/mol. The number of azide groups is 1. The van der Waals surface area contributed by atoms with Crippen LogP contribution in [0.4, 0.5) is 5.69 Å². The summed E-state index contributed by atoms with van der Waals surface area (Å²) in [6.45, 7) is 4.23. The second-order valence-corrected chi connectivity index (χ2v) is 4.05. The number of nitrogens with zero attached hydrogens (tertiary/aromatic N) is 3. The van der Waals surface area contributed by atoms with Crippen LogP contribution in [0.25, 0.3) is 10.4 Å². The predicted octanol–water partition coefficient (Wildman–Crippen LogP) is 4.86. The molecule has 0 N–H and O–H groups in total. The third-order valence-corrected chi connectivity index (χ3v) is 2.59. The van der Waals surface area contributed by atoms with Crippen LogP contribution in [0.3, 0.4) is 0 Å². The van der Waals surface area contributed by atoms with Crippen molar-refractivity contribution in [3.63, 3.8) is 0 Å². The molecular formula is C13H18N3. The van der Waals surface area contributed by atoms with Crippen molar-refractivity contribution >= 4 is 5.69 Å². The SMILES string of the molecule is CCCCCCc1cc(C)c[c]c1N=[N+]=[N-]. The van der Waals surface area contributed by atoms with Crippen LogP contribution in [0.1, 0.15) is 43.7 Å². The highest BCUT2D eigenvalue weighted by Gasteiger charge is 2.01. The van der Waals surface area contributed by atoms with Crippen LogP contribution >= 0.6 is 0 Å². The Hall–Kier alpha value is -1.47. The molecule has 0 unspecified atom stereocenters. The molecule has 0 aliphatic rings. The Morgan fingerprint density at radius 3 is 2.88 bits per heavy atom. The zero-order chi connectivity index (χ0) is 11.8. The Bertz CT molecular complexity index is 379. The molecule has 0 aromatic heterocycles. The molecule has 0 saturated carbocycles. The molecule has 1 aromatic carbocycles. The maximum Gasteiger partial charge on any atom is 0.0486 e. The van der Waals surface area contributed by atoms with Crippen molar-refractivity contribution in [3.05, 3.63) is 39.8 Å². The van der Waals surface area contributed by atoms with Crippen LogP contribution in [-0.2, 0) is 6.42 Å². The second kappa shape index (κ2) is 6.91. The van der Waals surface area contributed by atoms with Crippen LogP contribution in [0.15, 0.2) is 17.2 Å². The van der Waals surface area contributed by atoms with Gasteiger partial charge in [0.15, 0.2) is 0 Å². The molecule has 0 bridgehead atoms. The fourth-order valence-corrected chi connectivity index (χ4v) is 1.73. The van der Waals surface area contributed by atoms with E-state index in [-0.39, 0.29) is 0 Å². The van der Waals surface area contributed by atoms with Crippen LogP contribution in [-0.4, -0.2) is 0 Å². The zero-order valence-corrected chi connectivity index (χ0v) is 10.0. The Balaban J connectivity index is 2.68. The van der Waals surface area contributed by atoms with Crippen LogP contribution in [0.5, 0.6) is 0 Å². The highest BCUT2D eigenvalue weighted by Crippen LogP contribution is 2.22. The van der Waals surface area contributed by atoms with Crippen molar-refractivity contribution in [3.8, 4) is 0 Å². The molecule has 0 heterocycles. The van der Waals surface area contributed by atoms with Gasteiger partial charge in [0, 0.05) is 10.6 Å². The number of hydrogen-bond donors (Lipinski definition) is 0. The standard InChI is InChI=1S/C13H18N3/c1-3-4-5-6-7-12-10-11(2)8-9-13(12)15-16-14/h8,10H,3-7H2,1-2H3. The van der Waals surface area contributed by atoms with Gasteiger partial charge in [0.05, 0.1) is 0 Å². The fourth-order valence-electron chi connectivity index (χ4n) is 1.73. The van der Waals surface area contributed by atoms with E-state index in [4.69, 9.17) is 5.53 Å². The van der Waals surface area contributed by atoms with E-state index in [1.54, 1.807) is 0 Å². The summed E-state index contributed by atoms with van der Waals surface area (Å²) in [5, 5.41) is 3.67. The van der Waals surface area contributed by atoms with Gasteiger partial charge in [-0.3, -0.25) is 0 Å². The van der Waals surface area contributed by atoms with E-state index in [0.717, 1.165) is 18.4 Å². The van der Waals surface area contributed by atoms with Gasteiger partial charge >= 0.3 is 0 Å². The van der Waals surface area contributed by atoms with Crippen LogP contribution in [0, 0.1) is 13.0 Å². The monoisotopic (exact) mass is 216 g/mol. The molecule has 85 valence electrons. The number of aryl methyl sites for hydroxylation is 2. The Kier molecular flexibility index (Phi) is 5.44. The minimum atomic E-state index is 0.657.